The van der Waals surface area contributed by atoms with Gasteiger partial charge in [-0.25, -0.2) is 0 Å². The van der Waals surface area contributed by atoms with Crippen molar-refractivity contribution in [2.45, 2.75) is 77.9 Å². The fourth-order valence-electron chi connectivity index (χ4n) is 4.02. The summed E-state index contributed by atoms with van der Waals surface area (Å²) in [7, 11) is 0. The number of carbonyl (C=O) groups is 2. The van der Waals surface area contributed by atoms with Crippen LogP contribution in [0.5, 0.6) is 0 Å². The van der Waals surface area contributed by atoms with E-state index in [0.29, 0.717) is 13.0 Å². The summed E-state index contributed by atoms with van der Waals surface area (Å²) in [5.74, 6) is -0.0722. The van der Waals surface area contributed by atoms with E-state index in [1.54, 1.807) is 4.90 Å². The maximum atomic E-state index is 13.3. The minimum Gasteiger partial charge on any atom is -0.352 e. The van der Waals surface area contributed by atoms with Crippen molar-refractivity contribution in [3.05, 3.63) is 70.8 Å². The quantitative estimate of drug-likeness (QED) is 0.724. The van der Waals surface area contributed by atoms with Crippen LogP contribution in [0, 0.1) is 13.8 Å². The van der Waals surface area contributed by atoms with Gasteiger partial charge in [0.15, 0.2) is 0 Å². The standard InChI is InChI=1S/C26H34N2O2/c1-19-9-13-22(14-10-19)17-25(29)28(18-23-15-11-20(2)12-16-23)21(3)26(30)27-24-7-5-4-6-8-24/h9-16,21,24H,4-8,17-18H2,1-3H3,(H,27,30)/t21-/m0/s1. The second-order valence-corrected chi connectivity index (χ2v) is 8.69. The molecule has 0 radical (unpaired) electrons. The predicted octanol–water partition coefficient (Wildman–Crippen LogP) is 4.71. The topological polar surface area (TPSA) is 49.4 Å². The maximum absolute atomic E-state index is 13.3. The second kappa shape index (κ2) is 10.4. The second-order valence-electron chi connectivity index (χ2n) is 8.69. The first-order valence-electron chi connectivity index (χ1n) is 11.1. The molecule has 0 bridgehead atoms. The Balaban J connectivity index is 1.74. The van der Waals surface area contributed by atoms with Gasteiger partial charge in [0.05, 0.1) is 6.42 Å². The van der Waals surface area contributed by atoms with Crippen LogP contribution in [0.25, 0.3) is 0 Å². The molecule has 3 rings (SSSR count). The third kappa shape index (κ3) is 6.19. The van der Waals surface area contributed by atoms with E-state index in [-0.39, 0.29) is 17.9 Å². The normalized spacial score (nSPS) is 15.4. The number of hydrogen-bond acceptors (Lipinski definition) is 2. The van der Waals surface area contributed by atoms with Gasteiger partial charge in [-0.05, 0) is 44.7 Å². The lowest BCUT2D eigenvalue weighted by Gasteiger charge is -2.31. The molecule has 2 aromatic carbocycles. The summed E-state index contributed by atoms with van der Waals surface area (Å²) in [4.78, 5) is 28.0. The van der Waals surface area contributed by atoms with Crippen LogP contribution in [0.2, 0.25) is 0 Å². The van der Waals surface area contributed by atoms with E-state index in [4.69, 9.17) is 0 Å². The molecule has 0 heterocycles. The zero-order chi connectivity index (χ0) is 21.5. The van der Waals surface area contributed by atoms with Gasteiger partial charge in [-0.3, -0.25) is 9.59 Å². The number of rotatable bonds is 7. The smallest absolute Gasteiger partial charge is 0.242 e. The highest BCUT2D eigenvalue weighted by Gasteiger charge is 2.28. The lowest BCUT2D eigenvalue weighted by Crippen LogP contribution is -2.50. The van der Waals surface area contributed by atoms with Crippen LogP contribution in [0.4, 0.5) is 0 Å². The van der Waals surface area contributed by atoms with Crippen molar-refractivity contribution in [1.82, 2.24) is 10.2 Å². The number of hydrogen-bond donors (Lipinski definition) is 1. The molecular formula is C26H34N2O2. The number of benzene rings is 2. The maximum Gasteiger partial charge on any atom is 0.242 e. The molecule has 1 aliphatic carbocycles. The molecule has 30 heavy (non-hydrogen) atoms. The van der Waals surface area contributed by atoms with Crippen molar-refractivity contribution in [2.24, 2.45) is 0 Å². The van der Waals surface area contributed by atoms with Crippen LogP contribution < -0.4 is 5.32 Å². The highest BCUT2D eigenvalue weighted by atomic mass is 16.2. The zero-order valence-corrected chi connectivity index (χ0v) is 18.5. The first-order chi connectivity index (χ1) is 14.4. The van der Waals surface area contributed by atoms with Gasteiger partial charge in [-0.15, -0.1) is 0 Å². The van der Waals surface area contributed by atoms with Gasteiger partial charge in [0.25, 0.3) is 0 Å². The molecular weight excluding hydrogens is 372 g/mol. The largest absolute Gasteiger partial charge is 0.352 e. The summed E-state index contributed by atoms with van der Waals surface area (Å²) in [6.07, 6.45) is 5.95. The van der Waals surface area contributed by atoms with E-state index in [1.807, 2.05) is 69.3 Å². The summed E-state index contributed by atoms with van der Waals surface area (Å²) < 4.78 is 0. The van der Waals surface area contributed by atoms with Crippen molar-refractivity contribution < 1.29 is 9.59 Å². The Morgan fingerprint density at radius 3 is 2.00 bits per heavy atom. The Morgan fingerprint density at radius 1 is 0.900 bits per heavy atom. The predicted molar refractivity (Wildman–Crippen MR) is 121 cm³/mol. The lowest BCUT2D eigenvalue weighted by atomic mass is 9.95. The molecule has 160 valence electrons. The summed E-state index contributed by atoms with van der Waals surface area (Å²) in [5.41, 5.74) is 4.36. The molecule has 0 saturated heterocycles. The van der Waals surface area contributed by atoms with Crippen LogP contribution in [-0.4, -0.2) is 28.8 Å². The molecule has 0 spiro atoms. The summed E-state index contributed by atoms with van der Waals surface area (Å²) in [5, 5.41) is 3.19. The first-order valence-corrected chi connectivity index (χ1v) is 11.1. The first kappa shape index (κ1) is 22.1. The number of carbonyl (C=O) groups excluding carboxylic acids is 2. The molecule has 1 N–H and O–H groups in total. The van der Waals surface area contributed by atoms with E-state index in [1.165, 1.54) is 30.4 Å². The molecule has 1 saturated carbocycles. The number of aryl methyl sites for hydroxylation is 2. The van der Waals surface area contributed by atoms with E-state index in [0.717, 1.165) is 24.0 Å². The lowest BCUT2D eigenvalue weighted by molar-refractivity contribution is -0.140. The van der Waals surface area contributed by atoms with Gasteiger partial charge in [-0.2, -0.15) is 0 Å². The van der Waals surface area contributed by atoms with Gasteiger partial charge >= 0.3 is 0 Å². The molecule has 2 amide bonds. The Kier molecular flexibility index (Phi) is 7.67. The SMILES string of the molecule is Cc1ccc(CC(=O)N(Cc2ccc(C)cc2)[C@@H](C)C(=O)NC2CCCCC2)cc1. The Hall–Kier alpha value is -2.62. The van der Waals surface area contributed by atoms with Crippen LogP contribution >= 0.6 is 0 Å². The molecule has 4 nitrogen and oxygen atoms in total. The van der Waals surface area contributed by atoms with Gasteiger partial charge in [0, 0.05) is 12.6 Å². The Labute approximate surface area is 180 Å². The number of nitrogens with one attached hydrogen (secondary N) is 1. The summed E-state index contributed by atoms with van der Waals surface area (Å²) >= 11 is 0. The van der Waals surface area contributed by atoms with Crippen molar-refractivity contribution in [3.8, 4) is 0 Å². The highest BCUT2D eigenvalue weighted by molar-refractivity contribution is 5.88. The molecule has 2 aromatic rings. The third-order valence-electron chi connectivity index (χ3n) is 6.07. The highest BCUT2D eigenvalue weighted by Crippen LogP contribution is 2.19. The average molecular weight is 407 g/mol. The molecule has 1 fully saturated rings. The molecule has 0 aliphatic heterocycles. The fraction of sp³-hybridized carbons (Fsp3) is 0.462. The Morgan fingerprint density at radius 2 is 1.43 bits per heavy atom. The van der Waals surface area contributed by atoms with Crippen molar-refractivity contribution in [2.75, 3.05) is 0 Å². The minimum absolute atomic E-state index is 0.0225. The number of nitrogens with zero attached hydrogens (tertiary/aromatic N) is 1. The molecule has 4 heteroatoms. The summed E-state index contributed by atoms with van der Waals surface area (Å²) in [6, 6.07) is 15.9. The van der Waals surface area contributed by atoms with Crippen LogP contribution in [-0.2, 0) is 22.6 Å². The number of amides is 2. The van der Waals surface area contributed by atoms with Crippen molar-refractivity contribution >= 4 is 11.8 Å². The Bertz CT molecular complexity index is 836. The molecule has 1 aliphatic rings. The van der Waals surface area contributed by atoms with Crippen LogP contribution in [0.15, 0.2) is 48.5 Å². The van der Waals surface area contributed by atoms with E-state index < -0.39 is 6.04 Å². The van der Waals surface area contributed by atoms with Crippen LogP contribution in [0.3, 0.4) is 0 Å². The van der Waals surface area contributed by atoms with Gasteiger partial charge < -0.3 is 10.2 Å². The minimum atomic E-state index is -0.508. The van der Waals surface area contributed by atoms with Crippen molar-refractivity contribution in [3.63, 3.8) is 0 Å². The van der Waals surface area contributed by atoms with Gasteiger partial charge in [0.1, 0.15) is 6.04 Å². The molecule has 0 unspecified atom stereocenters. The molecule has 0 aromatic heterocycles. The molecule has 1 atom stereocenters. The van der Waals surface area contributed by atoms with Gasteiger partial charge in [0.2, 0.25) is 11.8 Å². The van der Waals surface area contributed by atoms with Crippen LogP contribution in [0.1, 0.15) is 61.3 Å². The monoisotopic (exact) mass is 406 g/mol. The van der Waals surface area contributed by atoms with E-state index >= 15 is 0 Å². The van der Waals surface area contributed by atoms with E-state index in [2.05, 4.69) is 5.32 Å². The summed E-state index contributed by atoms with van der Waals surface area (Å²) in [6.45, 7) is 6.36. The van der Waals surface area contributed by atoms with Gasteiger partial charge in [-0.1, -0.05) is 78.9 Å². The zero-order valence-electron chi connectivity index (χ0n) is 18.5. The van der Waals surface area contributed by atoms with E-state index in [9.17, 15) is 9.59 Å². The average Bonchev–Trinajstić information content (AvgIpc) is 2.75. The fourth-order valence-corrected chi connectivity index (χ4v) is 4.02. The van der Waals surface area contributed by atoms with Crippen molar-refractivity contribution in [1.29, 1.82) is 0 Å². The third-order valence-corrected chi connectivity index (χ3v) is 6.07.